The van der Waals surface area contributed by atoms with Crippen molar-refractivity contribution in [1.82, 2.24) is 20.2 Å². The van der Waals surface area contributed by atoms with Crippen LogP contribution >= 0.6 is 0 Å². The van der Waals surface area contributed by atoms with Crippen LogP contribution in [0.25, 0.3) is 22.2 Å². The lowest BCUT2D eigenvalue weighted by molar-refractivity contribution is 0.397. The fourth-order valence-corrected chi connectivity index (χ4v) is 3.51. The maximum absolute atomic E-state index is 5.51. The summed E-state index contributed by atoms with van der Waals surface area (Å²) in [6.45, 7) is 0.570. The zero-order chi connectivity index (χ0) is 21.8. The summed E-state index contributed by atoms with van der Waals surface area (Å²) in [6.07, 6.45) is 3.36. The van der Waals surface area contributed by atoms with Crippen molar-refractivity contribution in [2.45, 2.75) is 6.54 Å². The SMILES string of the molecule is COc1cccc(OC)c1-c1cnnc(N(C)Cc2ccc(OC)c3ncccc23)n1. The number of hydrogen-bond donors (Lipinski definition) is 0. The maximum Gasteiger partial charge on any atom is 0.245 e. The Morgan fingerprint density at radius 1 is 0.871 bits per heavy atom. The molecule has 0 aliphatic rings. The van der Waals surface area contributed by atoms with E-state index in [0.29, 0.717) is 29.7 Å². The molecule has 0 bridgehead atoms. The zero-order valence-electron chi connectivity index (χ0n) is 17.9. The molecule has 0 radical (unpaired) electrons. The molecule has 4 aromatic rings. The van der Waals surface area contributed by atoms with Crippen LogP contribution in [0.15, 0.2) is 54.9 Å². The van der Waals surface area contributed by atoms with Crippen LogP contribution in [-0.4, -0.2) is 48.5 Å². The van der Waals surface area contributed by atoms with Gasteiger partial charge in [0.05, 0.1) is 33.1 Å². The number of nitrogens with zero attached hydrogens (tertiary/aromatic N) is 5. The van der Waals surface area contributed by atoms with Crippen molar-refractivity contribution < 1.29 is 14.2 Å². The molecule has 8 nitrogen and oxygen atoms in total. The Morgan fingerprint density at radius 3 is 2.32 bits per heavy atom. The second-order valence-corrected chi connectivity index (χ2v) is 6.86. The highest BCUT2D eigenvalue weighted by atomic mass is 16.5. The molecule has 0 N–H and O–H groups in total. The fraction of sp³-hybridized carbons (Fsp3) is 0.217. The van der Waals surface area contributed by atoms with E-state index in [4.69, 9.17) is 19.2 Å². The molecule has 2 heterocycles. The molecule has 4 rings (SSSR count). The van der Waals surface area contributed by atoms with Crippen molar-refractivity contribution in [3.63, 3.8) is 0 Å². The Morgan fingerprint density at radius 2 is 1.61 bits per heavy atom. The molecule has 0 aliphatic heterocycles. The molecule has 0 aliphatic carbocycles. The van der Waals surface area contributed by atoms with Crippen LogP contribution in [-0.2, 0) is 6.54 Å². The van der Waals surface area contributed by atoms with E-state index in [0.717, 1.165) is 27.8 Å². The number of methoxy groups -OCH3 is 3. The molecule has 158 valence electrons. The van der Waals surface area contributed by atoms with Crippen LogP contribution in [0, 0.1) is 0 Å². The van der Waals surface area contributed by atoms with E-state index in [-0.39, 0.29) is 0 Å². The Balaban J connectivity index is 1.70. The molecule has 0 saturated heterocycles. The van der Waals surface area contributed by atoms with Crippen LogP contribution < -0.4 is 19.1 Å². The summed E-state index contributed by atoms with van der Waals surface area (Å²) >= 11 is 0. The van der Waals surface area contributed by atoms with Gasteiger partial charge in [-0.05, 0) is 29.8 Å². The fourth-order valence-electron chi connectivity index (χ4n) is 3.51. The monoisotopic (exact) mass is 417 g/mol. The van der Waals surface area contributed by atoms with Gasteiger partial charge in [-0.15, -0.1) is 5.10 Å². The van der Waals surface area contributed by atoms with Gasteiger partial charge in [0.15, 0.2) is 0 Å². The second-order valence-electron chi connectivity index (χ2n) is 6.86. The van der Waals surface area contributed by atoms with E-state index < -0.39 is 0 Å². The smallest absolute Gasteiger partial charge is 0.245 e. The van der Waals surface area contributed by atoms with Crippen molar-refractivity contribution >= 4 is 16.9 Å². The van der Waals surface area contributed by atoms with E-state index in [1.54, 1.807) is 33.7 Å². The van der Waals surface area contributed by atoms with Crippen LogP contribution in [0.2, 0.25) is 0 Å². The standard InChI is InChI=1S/C23H23N5O3/c1-28(14-15-10-11-20(31-4)22-16(15)7-6-12-24-22)23-26-17(13-25-27-23)21-18(29-2)8-5-9-19(21)30-3/h5-13H,14H2,1-4H3. The molecule has 2 aromatic heterocycles. The predicted octanol–water partition coefficient (Wildman–Crippen LogP) is 3.75. The molecule has 0 unspecified atom stereocenters. The highest BCUT2D eigenvalue weighted by Gasteiger charge is 2.17. The molecular weight excluding hydrogens is 394 g/mol. The van der Waals surface area contributed by atoms with Crippen LogP contribution in [0.3, 0.4) is 0 Å². The van der Waals surface area contributed by atoms with Crippen molar-refractivity contribution in [3.05, 3.63) is 60.4 Å². The summed E-state index contributed by atoms with van der Waals surface area (Å²) in [5.74, 6) is 2.53. The van der Waals surface area contributed by atoms with E-state index in [2.05, 4.69) is 15.2 Å². The van der Waals surface area contributed by atoms with Crippen LogP contribution in [0.1, 0.15) is 5.56 Å². The van der Waals surface area contributed by atoms with Gasteiger partial charge in [0.25, 0.3) is 0 Å². The number of anilines is 1. The third-order valence-electron chi connectivity index (χ3n) is 5.02. The molecule has 8 heteroatoms. The molecule has 2 aromatic carbocycles. The highest BCUT2D eigenvalue weighted by molar-refractivity contribution is 5.87. The second kappa shape index (κ2) is 8.83. The number of hydrogen-bond acceptors (Lipinski definition) is 8. The van der Waals surface area contributed by atoms with E-state index in [1.165, 1.54) is 0 Å². The van der Waals surface area contributed by atoms with Gasteiger partial charge in [0.2, 0.25) is 5.95 Å². The number of fused-ring (bicyclic) bond motifs is 1. The maximum atomic E-state index is 5.51. The summed E-state index contributed by atoms with van der Waals surface area (Å²) < 4.78 is 16.5. The van der Waals surface area contributed by atoms with Gasteiger partial charge < -0.3 is 19.1 Å². The molecular formula is C23H23N5O3. The Labute approximate surface area is 180 Å². The van der Waals surface area contributed by atoms with Gasteiger partial charge >= 0.3 is 0 Å². The van der Waals surface area contributed by atoms with Crippen molar-refractivity contribution in [2.24, 2.45) is 0 Å². The van der Waals surface area contributed by atoms with Gasteiger partial charge in [0, 0.05) is 25.2 Å². The number of pyridine rings is 1. The summed E-state index contributed by atoms with van der Waals surface area (Å²) in [4.78, 5) is 11.1. The van der Waals surface area contributed by atoms with Crippen molar-refractivity contribution in [3.8, 4) is 28.5 Å². The van der Waals surface area contributed by atoms with Crippen molar-refractivity contribution in [1.29, 1.82) is 0 Å². The summed E-state index contributed by atoms with van der Waals surface area (Å²) in [7, 11) is 6.80. The number of benzene rings is 2. The lowest BCUT2D eigenvalue weighted by Gasteiger charge is -2.19. The van der Waals surface area contributed by atoms with E-state index >= 15 is 0 Å². The first-order valence-corrected chi connectivity index (χ1v) is 9.69. The average Bonchev–Trinajstić information content (AvgIpc) is 2.83. The lowest BCUT2D eigenvalue weighted by atomic mass is 10.1. The van der Waals surface area contributed by atoms with Crippen LogP contribution in [0.5, 0.6) is 17.2 Å². The van der Waals surface area contributed by atoms with Gasteiger partial charge in [-0.3, -0.25) is 4.98 Å². The predicted molar refractivity (Wildman–Crippen MR) is 119 cm³/mol. The normalized spacial score (nSPS) is 10.7. The minimum atomic E-state index is 0.485. The van der Waals surface area contributed by atoms with Crippen molar-refractivity contribution in [2.75, 3.05) is 33.3 Å². The van der Waals surface area contributed by atoms with Gasteiger partial charge in [0.1, 0.15) is 28.5 Å². The first-order chi connectivity index (χ1) is 15.2. The quantitative estimate of drug-likeness (QED) is 0.450. The summed E-state index contributed by atoms with van der Waals surface area (Å²) in [5.41, 5.74) is 3.25. The van der Waals surface area contributed by atoms with Gasteiger partial charge in [-0.1, -0.05) is 18.2 Å². The Bertz CT molecular complexity index is 1190. The highest BCUT2D eigenvalue weighted by Crippen LogP contribution is 2.37. The number of rotatable bonds is 7. The summed E-state index contributed by atoms with van der Waals surface area (Å²) in [5, 5.41) is 9.41. The number of ether oxygens (including phenoxy) is 3. The first kappa shape index (κ1) is 20.3. The molecule has 0 atom stereocenters. The zero-order valence-corrected chi connectivity index (χ0v) is 17.9. The van der Waals surface area contributed by atoms with E-state index in [1.807, 2.05) is 54.4 Å². The van der Waals surface area contributed by atoms with Crippen LogP contribution in [0.4, 0.5) is 5.95 Å². The summed E-state index contributed by atoms with van der Waals surface area (Å²) in [6, 6.07) is 13.5. The molecule has 0 saturated carbocycles. The number of aromatic nitrogens is 4. The lowest BCUT2D eigenvalue weighted by Crippen LogP contribution is -2.20. The molecule has 31 heavy (non-hydrogen) atoms. The third kappa shape index (κ3) is 3.92. The van der Waals surface area contributed by atoms with E-state index in [9.17, 15) is 0 Å². The Kier molecular flexibility index (Phi) is 5.79. The van der Waals surface area contributed by atoms with Gasteiger partial charge in [-0.2, -0.15) is 5.10 Å². The Hall–Kier alpha value is -3.94. The minimum absolute atomic E-state index is 0.485. The minimum Gasteiger partial charge on any atom is -0.496 e. The van der Waals surface area contributed by atoms with Gasteiger partial charge in [-0.25, -0.2) is 4.98 Å². The first-order valence-electron chi connectivity index (χ1n) is 9.69. The average molecular weight is 417 g/mol. The molecule has 0 amide bonds. The molecule has 0 fully saturated rings. The topological polar surface area (TPSA) is 82.5 Å². The third-order valence-corrected chi connectivity index (χ3v) is 5.02. The molecule has 0 spiro atoms. The largest absolute Gasteiger partial charge is 0.496 e.